The Bertz CT molecular complexity index is 693. The molecule has 0 bridgehead atoms. The Kier molecular flexibility index (Phi) is 4.40. The van der Waals surface area contributed by atoms with Gasteiger partial charge < -0.3 is 10.4 Å². The molecule has 0 radical (unpaired) electrons. The molecule has 0 aliphatic carbocycles. The predicted octanol–water partition coefficient (Wildman–Crippen LogP) is 4.54. The van der Waals surface area contributed by atoms with E-state index >= 15 is 0 Å². The van der Waals surface area contributed by atoms with Crippen LogP contribution in [0.4, 0.5) is 10.1 Å². The quantitative estimate of drug-likeness (QED) is 0.866. The zero-order valence-corrected chi connectivity index (χ0v) is 12.5. The van der Waals surface area contributed by atoms with Crippen LogP contribution in [0.25, 0.3) is 0 Å². The third-order valence-corrected chi connectivity index (χ3v) is 3.68. The average Bonchev–Trinajstić information content (AvgIpc) is 2.41. The van der Waals surface area contributed by atoms with Crippen molar-refractivity contribution in [1.29, 1.82) is 0 Å². The first-order valence-electron chi connectivity index (χ1n) is 6.05. The SMILES string of the molecule is CC(Nc1cccc(F)c1)(C(=O)O)c1cc(Cl)ccc1Cl. The van der Waals surface area contributed by atoms with Crippen LogP contribution < -0.4 is 5.32 Å². The summed E-state index contributed by atoms with van der Waals surface area (Å²) in [5.41, 5.74) is -0.917. The number of hydrogen-bond acceptors (Lipinski definition) is 2. The van der Waals surface area contributed by atoms with E-state index in [0.717, 1.165) is 0 Å². The molecule has 3 nitrogen and oxygen atoms in total. The molecule has 2 aromatic rings. The molecule has 2 N–H and O–H groups in total. The van der Waals surface area contributed by atoms with E-state index in [0.29, 0.717) is 16.3 Å². The Hall–Kier alpha value is -1.78. The van der Waals surface area contributed by atoms with Gasteiger partial charge in [0.2, 0.25) is 0 Å². The smallest absolute Gasteiger partial charge is 0.333 e. The second-order valence-corrected chi connectivity index (χ2v) is 5.53. The number of carbonyl (C=O) groups is 1. The molecule has 21 heavy (non-hydrogen) atoms. The first kappa shape index (κ1) is 15.6. The lowest BCUT2D eigenvalue weighted by Gasteiger charge is -2.29. The minimum atomic E-state index is -1.55. The van der Waals surface area contributed by atoms with E-state index in [9.17, 15) is 14.3 Å². The van der Waals surface area contributed by atoms with Crippen molar-refractivity contribution in [1.82, 2.24) is 0 Å². The predicted molar refractivity (Wildman–Crippen MR) is 81.5 cm³/mol. The fourth-order valence-corrected chi connectivity index (χ4v) is 2.45. The number of halogens is 3. The standard InChI is InChI=1S/C15H12Cl2FNO2/c1-15(14(20)21,12-7-9(16)5-6-13(12)17)19-11-4-2-3-10(18)8-11/h2-8,19H,1H3,(H,20,21). The van der Waals surface area contributed by atoms with Gasteiger partial charge in [-0.05, 0) is 43.3 Å². The Balaban J connectivity index is 2.50. The molecule has 0 heterocycles. The first-order valence-corrected chi connectivity index (χ1v) is 6.81. The highest BCUT2D eigenvalue weighted by Gasteiger charge is 2.37. The minimum absolute atomic E-state index is 0.258. The molecular formula is C15H12Cl2FNO2. The van der Waals surface area contributed by atoms with Crippen molar-refractivity contribution in [3.63, 3.8) is 0 Å². The molecule has 2 aromatic carbocycles. The lowest BCUT2D eigenvalue weighted by Crippen LogP contribution is -2.40. The van der Waals surface area contributed by atoms with Gasteiger partial charge in [0.15, 0.2) is 5.54 Å². The Morgan fingerprint density at radius 2 is 1.95 bits per heavy atom. The molecular weight excluding hydrogens is 316 g/mol. The van der Waals surface area contributed by atoms with Crippen molar-refractivity contribution in [2.45, 2.75) is 12.5 Å². The molecule has 0 aliphatic rings. The van der Waals surface area contributed by atoms with Crippen molar-refractivity contribution in [2.24, 2.45) is 0 Å². The summed E-state index contributed by atoms with van der Waals surface area (Å²) in [5, 5.41) is 13.0. The van der Waals surface area contributed by atoms with Crippen molar-refractivity contribution in [2.75, 3.05) is 5.32 Å². The zero-order valence-electron chi connectivity index (χ0n) is 11.0. The van der Waals surface area contributed by atoms with Crippen LogP contribution >= 0.6 is 23.2 Å². The lowest BCUT2D eigenvalue weighted by atomic mass is 9.91. The third kappa shape index (κ3) is 3.28. The molecule has 1 atom stereocenters. The van der Waals surface area contributed by atoms with Crippen LogP contribution in [-0.2, 0) is 10.3 Å². The summed E-state index contributed by atoms with van der Waals surface area (Å²) in [6.07, 6.45) is 0. The molecule has 0 saturated carbocycles. The number of anilines is 1. The van der Waals surface area contributed by atoms with Gasteiger partial charge in [-0.25, -0.2) is 9.18 Å². The van der Waals surface area contributed by atoms with Gasteiger partial charge in [0, 0.05) is 21.3 Å². The van der Waals surface area contributed by atoms with Gasteiger partial charge >= 0.3 is 5.97 Å². The van der Waals surface area contributed by atoms with E-state index in [1.54, 1.807) is 12.1 Å². The van der Waals surface area contributed by atoms with E-state index in [1.807, 2.05) is 0 Å². The summed E-state index contributed by atoms with van der Waals surface area (Å²) in [4.78, 5) is 11.7. The molecule has 2 rings (SSSR count). The van der Waals surface area contributed by atoms with Crippen LogP contribution in [0.1, 0.15) is 12.5 Å². The van der Waals surface area contributed by atoms with Crippen molar-refractivity contribution < 1.29 is 14.3 Å². The highest BCUT2D eigenvalue weighted by Crippen LogP contribution is 2.34. The molecule has 0 aromatic heterocycles. The van der Waals surface area contributed by atoms with Crippen LogP contribution in [0.3, 0.4) is 0 Å². The van der Waals surface area contributed by atoms with E-state index in [-0.39, 0.29) is 5.02 Å². The number of nitrogens with one attached hydrogen (secondary N) is 1. The summed E-state index contributed by atoms with van der Waals surface area (Å²) in [6.45, 7) is 1.44. The average molecular weight is 328 g/mol. The monoisotopic (exact) mass is 327 g/mol. The fraction of sp³-hybridized carbons (Fsp3) is 0.133. The van der Waals surface area contributed by atoms with E-state index in [1.165, 1.54) is 37.3 Å². The van der Waals surface area contributed by atoms with E-state index in [4.69, 9.17) is 23.2 Å². The minimum Gasteiger partial charge on any atom is -0.479 e. The van der Waals surface area contributed by atoms with Crippen molar-refractivity contribution in [3.05, 3.63) is 63.9 Å². The second kappa shape index (κ2) is 5.92. The maximum Gasteiger partial charge on any atom is 0.333 e. The second-order valence-electron chi connectivity index (χ2n) is 4.69. The van der Waals surface area contributed by atoms with Crippen molar-refractivity contribution in [3.8, 4) is 0 Å². The molecule has 0 fully saturated rings. The van der Waals surface area contributed by atoms with E-state index < -0.39 is 17.3 Å². The van der Waals surface area contributed by atoms with Crippen LogP contribution in [0.5, 0.6) is 0 Å². The number of rotatable bonds is 4. The summed E-state index contributed by atoms with van der Waals surface area (Å²) < 4.78 is 13.3. The van der Waals surface area contributed by atoms with Gasteiger partial charge in [0.05, 0.1) is 0 Å². The van der Waals surface area contributed by atoms with Gasteiger partial charge in [-0.3, -0.25) is 0 Å². The normalized spacial score (nSPS) is 13.5. The molecule has 0 aliphatic heterocycles. The third-order valence-electron chi connectivity index (χ3n) is 3.11. The number of hydrogen-bond donors (Lipinski definition) is 2. The number of carboxylic acids is 1. The molecule has 0 spiro atoms. The van der Waals surface area contributed by atoms with Crippen molar-refractivity contribution >= 4 is 34.9 Å². The summed E-state index contributed by atoms with van der Waals surface area (Å²) in [7, 11) is 0. The topological polar surface area (TPSA) is 49.3 Å². The van der Waals surface area contributed by atoms with Gasteiger partial charge in [-0.2, -0.15) is 0 Å². The van der Waals surface area contributed by atoms with Crippen LogP contribution in [0, 0.1) is 5.82 Å². The Morgan fingerprint density at radius 1 is 1.24 bits per heavy atom. The molecule has 110 valence electrons. The molecule has 0 saturated heterocycles. The van der Waals surface area contributed by atoms with E-state index in [2.05, 4.69) is 5.32 Å². The molecule has 1 unspecified atom stereocenters. The Morgan fingerprint density at radius 3 is 2.57 bits per heavy atom. The highest BCUT2D eigenvalue weighted by atomic mass is 35.5. The maximum absolute atomic E-state index is 13.3. The van der Waals surface area contributed by atoms with Gasteiger partial charge in [-0.1, -0.05) is 29.3 Å². The van der Waals surface area contributed by atoms with Crippen LogP contribution in [0.2, 0.25) is 10.0 Å². The summed E-state index contributed by atoms with van der Waals surface area (Å²) in [6, 6.07) is 10.1. The highest BCUT2D eigenvalue weighted by molar-refractivity contribution is 6.34. The zero-order chi connectivity index (χ0) is 15.6. The number of carboxylic acid groups (broad SMARTS) is 1. The molecule has 0 amide bonds. The molecule has 6 heteroatoms. The number of aliphatic carboxylic acids is 1. The summed E-state index contributed by atoms with van der Waals surface area (Å²) in [5.74, 6) is -1.62. The largest absolute Gasteiger partial charge is 0.479 e. The van der Waals surface area contributed by atoms with Crippen LogP contribution in [-0.4, -0.2) is 11.1 Å². The van der Waals surface area contributed by atoms with Gasteiger partial charge in [0.25, 0.3) is 0 Å². The van der Waals surface area contributed by atoms with Gasteiger partial charge in [0.1, 0.15) is 5.82 Å². The first-order chi connectivity index (χ1) is 9.83. The Labute approximate surface area is 131 Å². The summed E-state index contributed by atoms with van der Waals surface area (Å²) >= 11 is 12.0. The number of benzene rings is 2. The van der Waals surface area contributed by atoms with Gasteiger partial charge in [-0.15, -0.1) is 0 Å². The maximum atomic E-state index is 13.3. The fourth-order valence-electron chi connectivity index (χ4n) is 1.97. The lowest BCUT2D eigenvalue weighted by molar-refractivity contribution is -0.142. The van der Waals surface area contributed by atoms with Crippen LogP contribution in [0.15, 0.2) is 42.5 Å².